The van der Waals surface area contributed by atoms with Crippen LogP contribution in [0.5, 0.6) is 0 Å². The molecule has 15 heavy (non-hydrogen) atoms. The van der Waals surface area contributed by atoms with Crippen LogP contribution in [0.15, 0.2) is 0 Å². The molecule has 0 bridgehead atoms. The molecule has 0 aromatic rings. The van der Waals surface area contributed by atoms with Gasteiger partial charge in [0.1, 0.15) is 0 Å². The molecule has 0 amide bonds. The van der Waals surface area contributed by atoms with E-state index in [1.165, 1.54) is 25.7 Å². The van der Waals surface area contributed by atoms with Crippen molar-refractivity contribution in [2.45, 2.75) is 52.0 Å². The molecule has 1 N–H and O–H groups in total. The predicted molar refractivity (Wildman–Crippen MR) is 67.6 cm³/mol. The number of rotatable bonds is 7. The summed E-state index contributed by atoms with van der Waals surface area (Å²) in [5.74, 6) is 2.53. The summed E-state index contributed by atoms with van der Waals surface area (Å²) in [5.41, 5.74) is 0. The molecule has 2 atom stereocenters. The molecule has 90 valence electrons. The minimum atomic E-state index is -0.606. The molecule has 2 unspecified atom stereocenters. The standard InChI is InChI=1S/C12H25NOS/c1-3-8-13-11(2)9-15(14)10-12-6-4-5-7-12/h11-13H,3-10H2,1-2H3. The lowest BCUT2D eigenvalue weighted by Gasteiger charge is -2.14. The molecular weight excluding hydrogens is 206 g/mol. The molecule has 0 heterocycles. The van der Waals surface area contributed by atoms with E-state index in [1.54, 1.807) is 0 Å². The van der Waals surface area contributed by atoms with Crippen molar-refractivity contribution in [1.29, 1.82) is 0 Å². The van der Waals surface area contributed by atoms with Gasteiger partial charge in [-0.25, -0.2) is 0 Å². The van der Waals surface area contributed by atoms with Gasteiger partial charge < -0.3 is 5.32 Å². The van der Waals surface area contributed by atoms with E-state index in [1.807, 2.05) is 0 Å². The molecule has 0 aromatic carbocycles. The van der Waals surface area contributed by atoms with Gasteiger partial charge in [-0.15, -0.1) is 0 Å². The van der Waals surface area contributed by atoms with E-state index < -0.39 is 10.8 Å². The Hall–Kier alpha value is 0.110. The summed E-state index contributed by atoms with van der Waals surface area (Å²) in [6.45, 7) is 5.35. The van der Waals surface area contributed by atoms with Crippen molar-refractivity contribution in [3.8, 4) is 0 Å². The summed E-state index contributed by atoms with van der Waals surface area (Å²) in [6, 6.07) is 0.409. The number of nitrogens with one attached hydrogen (secondary N) is 1. The van der Waals surface area contributed by atoms with Gasteiger partial charge in [0.25, 0.3) is 0 Å². The molecule has 2 nitrogen and oxygen atoms in total. The van der Waals surface area contributed by atoms with Crippen molar-refractivity contribution in [3.63, 3.8) is 0 Å². The maximum Gasteiger partial charge on any atom is 0.0386 e. The van der Waals surface area contributed by atoms with Crippen molar-refractivity contribution in [2.24, 2.45) is 5.92 Å². The van der Waals surface area contributed by atoms with Crippen molar-refractivity contribution in [1.82, 2.24) is 5.32 Å². The van der Waals surface area contributed by atoms with Crippen molar-refractivity contribution < 1.29 is 4.21 Å². The van der Waals surface area contributed by atoms with Gasteiger partial charge in [-0.3, -0.25) is 4.21 Å². The highest BCUT2D eigenvalue weighted by molar-refractivity contribution is 7.85. The maximum atomic E-state index is 11.8. The average Bonchev–Trinajstić information content (AvgIpc) is 2.67. The summed E-state index contributed by atoms with van der Waals surface area (Å²) in [5, 5.41) is 3.40. The zero-order chi connectivity index (χ0) is 11.1. The third kappa shape index (κ3) is 5.67. The van der Waals surface area contributed by atoms with E-state index in [2.05, 4.69) is 19.2 Å². The Morgan fingerprint density at radius 1 is 1.40 bits per heavy atom. The zero-order valence-corrected chi connectivity index (χ0v) is 10.9. The number of hydrogen-bond acceptors (Lipinski definition) is 2. The van der Waals surface area contributed by atoms with Gasteiger partial charge in [0.2, 0.25) is 0 Å². The third-order valence-corrected chi connectivity index (χ3v) is 4.79. The Bertz CT molecular complexity index is 190. The first-order valence-corrected chi connectivity index (χ1v) is 7.79. The first kappa shape index (κ1) is 13.2. The summed E-state index contributed by atoms with van der Waals surface area (Å²) < 4.78 is 11.8. The topological polar surface area (TPSA) is 29.1 Å². The minimum absolute atomic E-state index is 0.409. The Balaban J connectivity index is 2.11. The van der Waals surface area contributed by atoms with E-state index in [-0.39, 0.29) is 0 Å². The summed E-state index contributed by atoms with van der Waals surface area (Å²) in [4.78, 5) is 0. The lowest BCUT2D eigenvalue weighted by Crippen LogP contribution is -2.32. The summed E-state index contributed by atoms with van der Waals surface area (Å²) in [7, 11) is -0.606. The average molecular weight is 231 g/mol. The van der Waals surface area contributed by atoms with E-state index in [0.717, 1.165) is 30.4 Å². The van der Waals surface area contributed by atoms with E-state index >= 15 is 0 Å². The van der Waals surface area contributed by atoms with E-state index in [4.69, 9.17) is 0 Å². The van der Waals surface area contributed by atoms with Crippen molar-refractivity contribution in [2.75, 3.05) is 18.1 Å². The molecule has 1 rings (SSSR count). The van der Waals surface area contributed by atoms with Crippen molar-refractivity contribution in [3.05, 3.63) is 0 Å². The molecule has 0 radical (unpaired) electrons. The van der Waals surface area contributed by atoms with Crippen LogP contribution in [0.1, 0.15) is 46.0 Å². The molecule has 1 saturated carbocycles. The van der Waals surface area contributed by atoms with Gasteiger partial charge in [-0.1, -0.05) is 19.8 Å². The predicted octanol–water partition coefficient (Wildman–Crippen LogP) is 2.31. The third-order valence-electron chi connectivity index (χ3n) is 3.08. The van der Waals surface area contributed by atoms with Gasteiger partial charge in [0, 0.05) is 28.3 Å². The SMILES string of the molecule is CCCNC(C)CS(=O)CC1CCCC1. The Morgan fingerprint density at radius 2 is 2.07 bits per heavy atom. The number of hydrogen-bond donors (Lipinski definition) is 1. The smallest absolute Gasteiger partial charge is 0.0386 e. The Morgan fingerprint density at radius 3 is 2.67 bits per heavy atom. The van der Waals surface area contributed by atoms with Crippen LogP contribution in [0.2, 0.25) is 0 Å². The van der Waals surface area contributed by atoms with Crippen LogP contribution < -0.4 is 5.32 Å². The van der Waals surface area contributed by atoms with Gasteiger partial charge in [-0.05, 0) is 38.6 Å². The highest BCUT2D eigenvalue weighted by Crippen LogP contribution is 2.25. The quantitative estimate of drug-likeness (QED) is 0.728. The van der Waals surface area contributed by atoms with Gasteiger partial charge in [0.05, 0.1) is 0 Å². The van der Waals surface area contributed by atoms with Crippen LogP contribution in [-0.4, -0.2) is 28.3 Å². The fourth-order valence-corrected chi connectivity index (χ4v) is 3.91. The fourth-order valence-electron chi connectivity index (χ4n) is 2.24. The maximum absolute atomic E-state index is 11.8. The first-order chi connectivity index (χ1) is 7.22. The largest absolute Gasteiger partial charge is 0.313 e. The lowest BCUT2D eigenvalue weighted by molar-refractivity contribution is 0.572. The molecule has 0 spiro atoms. The molecule has 1 aliphatic rings. The van der Waals surface area contributed by atoms with Crippen LogP contribution in [0, 0.1) is 5.92 Å². The Kier molecular flexibility index (Phi) is 6.50. The molecule has 0 aromatic heterocycles. The highest BCUT2D eigenvalue weighted by atomic mass is 32.2. The second kappa shape index (κ2) is 7.39. The summed E-state index contributed by atoms with van der Waals surface area (Å²) >= 11 is 0. The van der Waals surface area contributed by atoms with Crippen LogP contribution in [0.3, 0.4) is 0 Å². The molecule has 1 fully saturated rings. The van der Waals surface area contributed by atoms with Crippen LogP contribution in [-0.2, 0) is 10.8 Å². The van der Waals surface area contributed by atoms with Gasteiger partial charge in [0.15, 0.2) is 0 Å². The van der Waals surface area contributed by atoms with E-state index in [9.17, 15) is 4.21 Å². The minimum Gasteiger partial charge on any atom is -0.313 e. The lowest BCUT2D eigenvalue weighted by atomic mass is 10.1. The highest BCUT2D eigenvalue weighted by Gasteiger charge is 2.18. The molecular formula is C12H25NOS. The van der Waals surface area contributed by atoms with Crippen LogP contribution in [0.4, 0.5) is 0 Å². The first-order valence-electron chi connectivity index (χ1n) is 6.30. The monoisotopic (exact) mass is 231 g/mol. The normalized spacial score (nSPS) is 21.7. The Labute approximate surface area is 96.7 Å². The molecule has 3 heteroatoms. The zero-order valence-electron chi connectivity index (χ0n) is 10.1. The molecule has 1 aliphatic carbocycles. The molecule has 0 saturated heterocycles. The molecule has 0 aliphatic heterocycles. The van der Waals surface area contributed by atoms with E-state index in [0.29, 0.717) is 6.04 Å². The van der Waals surface area contributed by atoms with Gasteiger partial charge >= 0.3 is 0 Å². The van der Waals surface area contributed by atoms with Crippen molar-refractivity contribution >= 4 is 10.8 Å². The van der Waals surface area contributed by atoms with Gasteiger partial charge in [-0.2, -0.15) is 0 Å². The van der Waals surface area contributed by atoms with Crippen LogP contribution >= 0.6 is 0 Å². The summed E-state index contributed by atoms with van der Waals surface area (Å²) in [6.07, 6.45) is 6.47. The fraction of sp³-hybridized carbons (Fsp3) is 1.00. The van der Waals surface area contributed by atoms with Crippen LogP contribution in [0.25, 0.3) is 0 Å². The second-order valence-corrected chi connectivity index (χ2v) is 6.33. The second-order valence-electron chi connectivity index (χ2n) is 4.78.